The Kier molecular flexibility index (Phi) is 7.04. The lowest BCUT2D eigenvalue weighted by Crippen LogP contribution is -2.30. The van der Waals surface area contributed by atoms with E-state index in [1.807, 2.05) is 0 Å². The quantitative estimate of drug-likeness (QED) is 0.507. The van der Waals surface area contributed by atoms with E-state index in [1.54, 1.807) is 41.5 Å². The summed E-state index contributed by atoms with van der Waals surface area (Å²) in [6.07, 6.45) is -0.616. The summed E-state index contributed by atoms with van der Waals surface area (Å²) in [5.41, 5.74) is -0.968. The molecular weight excluding hydrogens is 244 g/mol. The first-order valence-corrected chi connectivity index (χ1v) is 5.13. The van der Waals surface area contributed by atoms with Crippen LogP contribution in [0, 0.1) is 0 Å². The van der Waals surface area contributed by atoms with Crippen LogP contribution in [0.2, 0.25) is 0 Å². The molecule has 0 aromatic rings. The van der Waals surface area contributed by atoms with Gasteiger partial charge in [0.2, 0.25) is 0 Å². The van der Waals surface area contributed by atoms with Gasteiger partial charge in [-0.3, -0.25) is 0 Å². The highest BCUT2D eigenvalue weighted by molar-refractivity contribution is 6.27. The number of rotatable bonds is 0. The topological polar surface area (TPSA) is 110 Å². The van der Waals surface area contributed by atoms with E-state index in [-0.39, 0.29) is 0 Å². The first-order chi connectivity index (χ1) is 7.74. The van der Waals surface area contributed by atoms with Crippen LogP contribution < -0.4 is 0 Å². The van der Waals surface area contributed by atoms with Gasteiger partial charge in [0.05, 0.1) is 0 Å². The molecule has 7 heteroatoms. The Morgan fingerprint density at radius 3 is 1.06 bits per heavy atom. The average molecular weight is 264 g/mol. The Morgan fingerprint density at radius 2 is 0.944 bits per heavy atom. The van der Waals surface area contributed by atoms with Crippen molar-refractivity contribution in [3.8, 4) is 0 Å². The van der Waals surface area contributed by atoms with E-state index in [4.69, 9.17) is 29.3 Å². The minimum Gasteiger partial charge on any atom is -0.473 e. The lowest BCUT2D eigenvalue weighted by Gasteiger charge is -2.24. The summed E-state index contributed by atoms with van der Waals surface area (Å²) in [5, 5.41) is 14.8. The number of hydrogen-bond donors (Lipinski definition) is 2. The van der Waals surface area contributed by atoms with Gasteiger partial charge in [0.25, 0.3) is 0 Å². The van der Waals surface area contributed by atoms with Gasteiger partial charge in [0, 0.05) is 0 Å². The van der Waals surface area contributed by atoms with Crippen LogP contribution in [0.25, 0.3) is 0 Å². The third kappa shape index (κ3) is 16.6. The molecule has 0 aromatic carbocycles. The van der Waals surface area contributed by atoms with Crippen LogP contribution in [0.1, 0.15) is 41.5 Å². The number of carboxylic acids is 2. The van der Waals surface area contributed by atoms with Crippen LogP contribution in [-0.2, 0) is 19.1 Å². The lowest BCUT2D eigenvalue weighted by molar-refractivity contribution is -0.159. The zero-order chi connectivity index (χ0) is 15.1. The predicted molar refractivity (Wildman–Crippen MR) is 62.3 cm³/mol. The summed E-state index contributed by atoms with van der Waals surface area (Å²) in [6, 6.07) is 0. The van der Waals surface area contributed by atoms with E-state index in [0.29, 0.717) is 0 Å². The Labute approximate surface area is 106 Å². The number of carbonyl (C=O) groups is 3. The number of aliphatic carboxylic acids is 2. The Bertz CT molecular complexity index is 276. The highest BCUT2D eigenvalue weighted by Gasteiger charge is 2.22. The van der Waals surface area contributed by atoms with Crippen molar-refractivity contribution in [1.82, 2.24) is 0 Å². The zero-order valence-electron chi connectivity index (χ0n) is 11.4. The van der Waals surface area contributed by atoms with Crippen molar-refractivity contribution in [1.29, 1.82) is 0 Å². The van der Waals surface area contributed by atoms with E-state index in [0.717, 1.165) is 0 Å². The molecule has 0 amide bonds. The molecule has 0 spiro atoms. The number of carboxylic acid groups (broad SMARTS) is 2. The molecule has 0 aliphatic rings. The second-order valence-electron chi connectivity index (χ2n) is 5.29. The van der Waals surface area contributed by atoms with Crippen molar-refractivity contribution in [2.24, 2.45) is 0 Å². The fourth-order valence-corrected chi connectivity index (χ4v) is 0.521. The molecule has 0 fully saturated rings. The first-order valence-electron chi connectivity index (χ1n) is 5.13. The Hall–Kier alpha value is -1.79. The van der Waals surface area contributed by atoms with Crippen molar-refractivity contribution in [2.75, 3.05) is 0 Å². The molecule has 2 N–H and O–H groups in total. The standard InChI is InChI=1S/C9H18O3.C2H2O4/c1-8(2,3)11-7(10)12-9(4,5)6;3-1(4)2(5)6/h1-6H3;(H,3,4)(H,5,6). The fourth-order valence-electron chi connectivity index (χ4n) is 0.521. The van der Waals surface area contributed by atoms with Crippen molar-refractivity contribution < 1.29 is 34.1 Å². The molecule has 0 unspecified atom stereocenters. The second-order valence-corrected chi connectivity index (χ2v) is 5.29. The SMILES string of the molecule is CC(C)(C)OC(=O)OC(C)(C)C.O=C(O)C(=O)O. The van der Waals surface area contributed by atoms with E-state index in [9.17, 15) is 4.79 Å². The minimum atomic E-state index is -1.82. The predicted octanol–water partition coefficient (Wildman–Crippen LogP) is 1.89. The molecule has 0 rings (SSSR count). The van der Waals surface area contributed by atoms with Gasteiger partial charge in [0.1, 0.15) is 11.2 Å². The third-order valence-corrected chi connectivity index (χ3v) is 0.962. The van der Waals surface area contributed by atoms with Gasteiger partial charge in [-0.05, 0) is 41.5 Å². The Morgan fingerprint density at radius 1 is 0.722 bits per heavy atom. The second kappa shape index (κ2) is 6.83. The van der Waals surface area contributed by atoms with E-state index < -0.39 is 29.3 Å². The smallest absolute Gasteiger partial charge is 0.473 e. The van der Waals surface area contributed by atoms with Crippen molar-refractivity contribution >= 4 is 18.1 Å². The monoisotopic (exact) mass is 264 g/mol. The van der Waals surface area contributed by atoms with E-state index >= 15 is 0 Å². The Balaban J connectivity index is 0. The third-order valence-electron chi connectivity index (χ3n) is 0.962. The summed E-state index contributed by atoms with van der Waals surface area (Å²) in [4.78, 5) is 29.2. The van der Waals surface area contributed by atoms with Gasteiger partial charge < -0.3 is 19.7 Å². The van der Waals surface area contributed by atoms with Gasteiger partial charge in [-0.2, -0.15) is 0 Å². The normalized spacial score (nSPS) is 10.8. The van der Waals surface area contributed by atoms with Gasteiger partial charge in [0.15, 0.2) is 0 Å². The van der Waals surface area contributed by atoms with Crippen LogP contribution in [0.4, 0.5) is 4.79 Å². The van der Waals surface area contributed by atoms with Crippen LogP contribution in [0.3, 0.4) is 0 Å². The largest absolute Gasteiger partial charge is 0.509 e. The van der Waals surface area contributed by atoms with Gasteiger partial charge in [-0.15, -0.1) is 0 Å². The van der Waals surface area contributed by atoms with Crippen molar-refractivity contribution in [3.05, 3.63) is 0 Å². The van der Waals surface area contributed by atoms with Crippen LogP contribution in [0.5, 0.6) is 0 Å². The summed E-state index contributed by atoms with van der Waals surface area (Å²) in [6.45, 7) is 10.8. The van der Waals surface area contributed by atoms with Gasteiger partial charge in [-0.25, -0.2) is 14.4 Å². The summed E-state index contributed by atoms with van der Waals surface area (Å²) in [7, 11) is 0. The lowest BCUT2D eigenvalue weighted by atomic mass is 10.2. The van der Waals surface area contributed by atoms with Gasteiger partial charge >= 0.3 is 18.1 Å². The minimum absolute atomic E-state index is 0.484. The molecule has 0 aliphatic carbocycles. The van der Waals surface area contributed by atoms with Crippen LogP contribution >= 0.6 is 0 Å². The number of ether oxygens (including phenoxy) is 2. The highest BCUT2D eigenvalue weighted by atomic mass is 16.7. The molecule has 0 aromatic heterocycles. The summed E-state index contributed by atoms with van der Waals surface area (Å²) >= 11 is 0. The van der Waals surface area contributed by atoms with Crippen molar-refractivity contribution in [2.45, 2.75) is 52.7 Å². The molecule has 0 heterocycles. The van der Waals surface area contributed by atoms with E-state index in [2.05, 4.69) is 0 Å². The van der Waals surface area contributed by atoms with E-state index in [1.165, 1.54) is 0 Å². The average Bonchev–Trinajstić information content (AvgIpc) is 1.96. The fraction of sp³-hybridized carbons (Fsp3) is 0.727. The van der Waals surface area contributed by atoms with Crippen molar-refractivity contribution in [3.63, 3.8) is 0 Å². The zero-order valence-corrected chi connectivity index (χ0v) is 11.4. The maximum atomic E-state index is 11.0. The molecule has 0 bridgehead atoms. The molecule has 0 saturated heterocycles. The summed E-state index contributed by atoms with van der Waals surface area (Å²) in [5.74, 6) is -3.65. The van der Waals surface area contributed by atoms with Crippen LogP contribution in [-0.4, -0.2) is 39.5 Å². The highest BCUT2D eigenvalue weighted by Crippen LogP contribution is 2.13. The molecule has 106 valence electrons. The molecule has 0 aliphatic heterocycles. The van der Waals surface area contributed by atoms with Gasteiger partial charge in [-0.1, -0.05) is 0 Å². The molecule has 18 heavy (non-hydrogen) atoms. The number of carbonyl (C=O) groups excluding carboxylic acids is 1. The number of hydrogen-bond acceptors (Lipinski definition) is 5. The molecular formula is C11H20O7. The molecule has 7 nitrogen and oxygen atoms in total. The maximum absolute atomic E-state index is 11.0. The summed E-state index contributed by atoms with van der Waals surface area (Å²) < 4.78 is 9.91. The first kappa shape index (κ1) is 18.6. The molecule has 0 saturated carbocycles. The molecule has 0 atom stereocenters. The van der Waals surface area contributed by atoms with Crippen LogP contribution in [0.15, 0.2) is 0 Å². The molecule has 0 radical (unpaired) electrons. The maximum Gasteiger partial charge on any atom is 0.509 e.